The van der Waals surface area contributed by atoms with E-state index >= 15 is 0 Å². The largest absolute Gasteiger partial charge is 0.494 e. The minimum Gasteiger partial charge on any atom is -0.494 e. The van der Waals surface area contributed by atoms with E-state index in [0.29, 0.717) is 5.56 Å². The van der Waals surface area contributed by atoms with Crippen LogP contribution >= 0.6 is 0 Å². The second-order valence-electron chi connectivity index (χ2n) is 5.11. The molecule has 0 amide bonds. The molecule has 2 aromatic carbocycles. The first kappa shape index (κ1) is 18.1. The fraction of sp³-hybridized carbons (Fsp3) is 0.176. The van der Waals surface area contributed by atoms with Gasteiger partial charge in [-0.15, -0.1) is 0 Å². The number of halogens is 1. The lowest BCUT2D eigenvalue weighted by atomic mass is 10.1. The third-order valence-corrected chi connectivity index (χ3v) is 3.45. The molecular formula is C17H14FNO6. The van der Waals surface area contributed by atoms with Gasteiger partial charge in [0.2, 0.25) is 0 Å². The first-order chi connectivity index (χ1) is 11.8. The van der Waals surface area contributed by atoms with Gasteiger partial charge in [0.15, 0.2) is 24.0 Å². The summed E-state index contributed by atoms with van der Waals surface area (Å²) < 4.78 is 23.2. The monoisotopic (exact) mass is 347 g/mol. The molecule has 0 fully saturated rings. The molecular weight excluding hydrogens is 333 g/mol. The van der Waals surface area contributed by atoms with Crippen LogP contribution in [0.1, 0.15) is 26.3 Å². The van der Waals surface area contributed by atoms with E-state index in [9.17, 15) is 24.1 Å². The number of aryl methyl sites for hydroxylation is 1. The molecule has 0 heterocycles. The van der Waals surface area contributed by atoms with Gasteiger partial charge in [-0.3, -0.25) is 14.9 Å². The van der Waals surface area contributed by atoms with Crippen molar-refractivity contribution in [1.82, 2.24) is 0 Å². The standard InChI is InChI=1S/C17H14FNO6/c1-10-3-4-12(8-14(10)19(22)23)17(21)25-9-15(20)11-5-6-16(24-2)13(18)7-11/h3-8H,9H2,1-2H3. The summed E-state index contributed by atoms with van der Waals surface area (Å²) in [4.78, 5) is 34.2. The molecule has 0 spiro atoms. The number of methoxy groups -OCH3 is 1. The smallest absolute Gasteiger partial charge is 0.338 e. The van der Waals surface area contributed by atoms with Gasteiger partial charge in [0.1, 0.15) is 0 Å². The van der Waals surface area contributed by atoms with Crippen molar-refractivity contribution in [2.24, 2.45) is 0 Å². The zero-order valence-corrected chi connectivity index (χ0v) is 13.4. The van der Waals surface area contributed by atoms with E-state index in [0.717, 1.165) is 12.1 Å². The number of benzene rings is 2. The molecule has 0 atom stereocenters. The number of nitro benzene ring substituents is 1. The first-order valence-corrected chi connectivity index (χ1v) is 7.12. The van der Waals surface area contributed by atoms with E-state index in [4.69, 9.17) is 9.47 Å². The van der Waals surface area contributed by atoms with Gasteiger partial charge in [-0.05, 0) is 31.2 Å². The topological polar surface area (TPSA) is 95.7 Å². The number of rotatable bonds is 6. The van der Waals surface area contributed by atoms with Gasteiger partial charge in [-0.1, -0.05) is 6.07 Å². The van der Waals surface area contributed by atoms with Gasteiger partial charge in [0.05, 0.1) is 17.6 Å². The highest BCUT2D eigenvalue weighted by atomic mass is 19.1. The van der Waals surface area contributed by atoms with Crippen LogP contribution in [0.4, 0.5) is 10.1 Å². The lowest BCUT2D eigenvalue weighted by Gasteiger charge is -2.07. The summed E-state index contributed by atoms with van der Waals surface area (Å²) in [5.74, 6) is -2.23. The highest BCUT2D eigenvalue weighted by molar-refractivity contribution is 5.99. The number of nitrogens with zero attached hydrogens (tertiary/aromatic N) is 1. The number of hydrogen-bond donors (Lipinski definition) is 0. The summed E-state index contributed by atoms with van der Waals surface area (Å²) >= 11 is 0. The number of carbonyl (C=O) groups is 2. The Hall–Kier alpha value is -3.29. The van der Waals surface area contributed by atoms with E-state index in [1.54, 1.807) is 0 Å². The SMILES string of the molecule is COc1ccc(C(=O)COC(=O)c2ccc(C)c([N+](=O)[O-])c2)cc1F. The number of ether oxygens (including phenoxy) is 2. The van der Waals surface area contributed by atoms with Crippen molar-refractivity contribution < 1.29 is 28.4 Å². The van der Waals surface area contributed by atoms with Crippen LogP contribution in [0.3, 0.4) is 0 Å². The van der Waals surface area contributed by atoms with Crippen LogP contribution in [0.2, 0.25) is 0 Å². The van der Waals surface area contributed by atoms with Gasteiger partial charge in [0, 0.05) is 17.2 Å². The van der Waals surface area contributed by atoms with Gasteiger partial charge in [0.25, 0.3) is 5.69 Å². The van der Waals surface area contributed by atoms with Crippen LogP contribution in [0.15, 0.2) is 36.4 Å². The van der Waals surface area contributed by atoms with Crippen molar-refractivity contribution in [3.05, 3.63) is 69.0 Å². The highest BCUT2D eigenvalue weighted by Gasteiger charge is 2.18. The lowest BCUT2D eigenvalue weighted by molar-refractivity contribution is -0.385. The van der Waals surface area contributed by atoms with Gasteiger partial charge in [-0.2, -0.15) is 0 Å². The predicted octanol–water partition coefficient (Wildman–Crippen LogP) is 3.09. The van der Waals surface area contributed by atoms with Crippen molar-refractivity contribution in [1.29, 1.82) is 0 Å². The summed E-state index contributed by atoms with van der Waals surface area (Å²) in [6, 6.07) is 7.46. The molecule has 0 N–H and O–H groups in total. The predicted molar refractivity (Wildman–Crippen MR) is 85.4 cm³/mol. The van der Waals surface area contributed by atoms with Crippen LogP contribution in [0.25, 0.3) is 0 Å². The molecule has 130 valence electrons. The van der Waals surface area contributed by atoms with E-state index in [1.807, 2.05) is 0 Å². The Kier molecular flexibility index (Phi) is 5.43. The molecule has 0 aliphatic heterocycles. The maximum atomic E-state index is 13.6. The number of ketones is 1. The summed E-state index contributed by atoms with van der Waals surface area (Å²) in [6.07, 6.45) is 0. The third kappa shape index (κ3) is 4.17. The fourth-order valence-electron chi connectivity index (χ4n) is 2.07. The van der Waals surface area contributed by atoms with E-state index in [1.165, 1.54) is 38.3 Å². The van der Waals surface area contributed by atoms with Crippen LogP contribution in [-0.2, 0) is 4.74 Å². The molecule has 2 aromatic rings. The quantitative estimate of drug-likeness (QED) is 0.345. The van der Waals surface area contributed by atoms with Crippen molar-refractivity contribution in [3.63, 3.8) is 0 Å². The first-order valence-electron chi connectivity index (χ1n) is 7.12. The number of hydrogen-bond acceptors (Lipinski definition) is 6. The lowest BCUT2D eigenvalue weighted by Crippen LogP contribution is -2.14. The Labute approximate surface area is 142 Å². The maximum absolute atomic E-state index is 13.6. The molecule has 0 aliphatic rings. The Balaban J connectivity index is 2.07. The van der Waals surface area contributed by atoms with Crippen LogP contribution in [0, 0.1) is 22.9 Å². The Morgan fingerprint density at radius 2 is 1.84 bits per heavy atom. The zero-order chi connectivity index (χ0) is 18.6. The molecule has 0 unspecified atom stereocenters. The zero-order valence-electron chi connectivity index (χ0n) is 13.4. The van der Waals surface area contributed by atoms with Crippen molar-refractivity contribution >= 4 is 17.4 Å². The minimum atomic E-state index is -0.884. The summed E-state index contributed by atoms with van der Waals surface area (Å²) in [7, 11) is 1.29. The number of Topliss-reactive ketones (excluding diaryl/α,β-unsaturated/α-hetero) is 1. The van der Waals surface area contributed by atoms with Crippen molar-refractivity contribution in [3.8, 4) is 5.75 Å². The molecule has 25 heavy (non-hydrogen) atoms. The minimum absolute atomic E-state index is 0.0134. The summed E-state index contributed by atoms with van der Waals surface area (Å²) in [5.41, 5.74) is 0.135. The Morgan fingerprint density at radius 3 is 2.44 bits per heavy atom. The maximum Gasteiger partial charge on any atom is 0.338 e. The van der Waals surface area contributed by atoms with Crippen LogP contribution in [-0.4, -0.2) is 30.4 Å². The molecule has 0 bridgehead atoms. The second kappa shape index (κ2) is 7.52. The number of carbonyl (C=O) groups excluding carboxylic acids is 2. The summed E-state index contributed by atoms with van der Waals surface area (Å²) in [6.45, 7) is 0.918. The number of esters is 1. The summed E-state index contributed by atoms with van der Waals surface area (Å²) in [5, 5.41) is 10.9. The normalized spacial score (nSPS) is 10.2. The fourth-order valence-corrected chi connectivity index (χ4v) is 2.07. The average molecular weight is 347 g/mol. The van der Waals surface area contributed by atoms with Gasteiger partial charge in [-0.25, -0.2) is 9.18 Å². The molecule has 0 saturated carbocycles. The highest BCUT2D eigenvalue weighted by Crippen LogP contribution is 2.20. The molecule has 8 heteroatoms. The number of nitro groups is 1. The Morgan fingerprint density at radius 1 is 1.16 bits per heavy atom. The third-order valence-electron chi connectivity index (χ3n) is 3.45. The Bertz CT molecular complexity index is 849. The molecule has 0 aliphatic carbocycles. The van der Waals surface area contributed by atoms with E-state index in [-0.39, 0.29) is 22.6 Å². The van der Waals surface area contributed by atoms with E-state index in [2.05, 4.69) is 0 Å². The molecule has 2 rings (SSSR count). The van der Waals surface area contributed by atoms with Crippen molar-refractivity contribution in [2.75, 3.05) is 13.7 Å². The van der Waals surface area contributed by atoms with Crippen LogP contribution < -0.4 is 4.74 Å². The second-order valence-corrected chi connectivity index (χ2v) is 5.11. The van der Waals surface area contributed by atoms with E-state index < -0.39 is 29.1 Å². The molecule has 0 radical (unpaired) electrons. The molecule has 0 aromatic heterocycles. The van der Waals surface area contributed by atoms with Gasteiger partial charge < -0.3 is 9.47 Å². The van der Waals surface area contributed by atoms with Gasteiger partial charge >= 0.3 is 5.97 Å². The molecule has 0 saturated heterocycles. The molecule has 7 nitrogen and oxygen atoms in total. The van der Waals surface area contributed by atoms with Crippen LogP contribution in [0.5, 0.6) is 5.75 Å². The average Bonchev–Trinajstić information content (AvgIpc) is 2.59. The van der Waals surface area contributed by atoms with Crippen molar-refractivity contribution in [2.45, 2.75) is 6.92 Å².